The van der Waals surface area contributed by atoms with E-state index in [0.29, 0.717) is 24.1 Å². The maximum Gasteiger partial charge on any atom is 0.306 e. The molecule has 0 saturated carbocycles. The Bertz CT molecular complexity index is 961. The standard InChI is InChI=1S/C53H108NO7P/c1-6-8-10-12-14-16-18-20-22-24-26-27-29-31-33-35-37-39-41-43-45-48-58-50-52(51-60-62(56,57)59-49-47-54(3,4)5)61-53(55)46-44-42-40-38-36-34-32-30-28-25-23-21-19-17-15-13-11-9-7-2/h52H,6-51H2,1-5H3. The maximum atomic E-state index is 12.8. The Morgan fingerprint density at radius 1 is 0.435 bits per heavy atom. The molecule has 0 aromatic heterocycles. The van der Waals surface area contributed by atoms with E-state index in [9.17, 15) is 14.3 Å². The summed E-state index contributed by atoms with van der Waals surface area (Å²) >= 11 is 0. The van der Waals surface area contributed by atoms with E-state index in [1.165, 1.54) is 225 Å². The van der Waals surface area contributed by atoms with E-state index in [2.05, 4.69) is 13.8 Å². The zero-order valence-corrected chi connectivity index (χ0v) is 43.3. The number of carbonyl (C=O) groups excluding carboxylic acids is 1. The molecule has 0 amide bonds. The quantitative estimate of drug-likeness (QED) is 0.0260. The lowest BCUT2D eigenvalue weighted by molar-refractivity contribution is -0.870. The van der Waals surface area contributed by atoms with Crippen LogP contribution >= 0.6 is 7.82 Å². The monoisotopic (exact) mass is 902 g/mol. The number of phosphoric acid groups is 1. The Morgan fingerprint density at radius 2 is 0.742 bits per heavy atom. The highest BCUT2D eigenvalue weighted by atomic mass is 31.2. The second-order valence-corrected chi connectivity index (χ2v) is 21.4. The van der Waals surface area contributed by atoms with Crippen molar-refractivity contribution in [2.75, 3.05) is 54.1 Å². The summed E-state index contributed by atoms with van der Waals surface area (Å²) in [4.78, 5) is 25.2. The Hall–Kier alpha value is -0.500. The molecule has 2 atom stereocenters. The topological polar surface area (TPSA) is 94.1 Å². The lowest BCUT2D eigenvalue weighted by Gasteiger charge is -2.28. The van der Waals surface area contributed by atoms with Gasteiger partial charge in [-0.3, -0.25) is 9.36 Å². The molecular weight excluding hydrogens is 794 g/mol. The number of nitrogens with zero attached hydrogens (tertiary/aromatic N) is 1. The normalized spacial score (nSPS) is 13.5. The van der Waals surface area contributed by atoms with E-state index < -0.39 is 13.9 Å². The molecule has 0 radical (unpaired) electrons. The molecule has 0 heterocycles. The summed E-state index contributed by atoms with van der Waals surface area (Å²) in [7, 11) is 1.38. The number of esters is 1. The molecule has 62 heavy (non-hydrogen) atoms. The number of likely N-dealkylation sites (N-methyl/N-ethyl adjacent to an activating group) is 1. The summed E-state index contributed by atoms with van der Waals surface area (Å²) < 4.78 is 34.8. The minimum Gasteiger partial charge on any atom is -0.756 e. The number of phosphoric ester groups is 1. The van der Waals surface area contributed by atoms with Crippen molar-refractivity contribution in [3.63, 3.8) is 0 Å². The molecule has 0 rings (SSSR count). The van der Waals surface area contributed by atoms with Gasteiger partial charge < -0.3 is 27.9 Å². The smallest absolute Gasteiger partial charge is 0.306 e. The molecule has 2 unspecified atom stereocenters. The number of hydrogen-bond donors (Lipinski definition) is 0. The minimum absolute atomic E-state index is 0.0319. The summed E-state index contributed by atoms with van der Waals surface area (Å²) in [6, 6.07) is 0. The third-order valence-corrected chi connectivity index (χ3v) is 13.4. The maximum absolute atomic E-state index is 12.8. The highest BCUT2D eigenvalue weighted by molar-refractivity contribution is 7.45. The molecule has 8 nitrogen and oxygen atoms in total. The summed E-state index contributed by atoms with van der Waals surface area (Å²) in [6.07, 6.45) is 52.7. The summed E-state index contributed by atoms with van der Waals surface area (Å²) in [5.41, 5.74) is 0. The number of rotatable bonds is 52. The summed E-state index contributed by atoms with van der Waals surface area (Å²) in [5, 5.41) is 0. The van der Waals surface area contributed by atoms with Crippen LogP contribution in [0.2, 0.25) is 0 Å². The second-order valence-electron chi connectivity index (χ2n) is 20.0. The Morgan fingerprint density at radius 3 is 1.06 bits per heavy atom. The van der Waals surface area contributed by atoms with Gasteiger partial charge in [0.1, 0.15) is 19.3 Å². The van der Waals surface area contributed by atoms with E-state index in [1.54, 1.807) is 0 Å². The molecule has 0 spiro atoms. The van der Waals surface area contributed by atoms with Gasteiger partial charge in [-0.05, 0) is 12.8 Å². The predicted molar refractivity (Wildman–Crippen MR) is 264 cm³/mol. The fourth-order valence-corrected chi connectivity index (χ4v) is 8.93. The SMILES string of the molecule is CCCCCCCCCCCCCCCCCCCCCCCOCC(COP(=O)([O-])OCC[N+](C)(C)C)OC(=O)CCCCCCCCCCCCCCCCCCCCC. The van der Waals surface area contributed by atoms with Crippen molar-refractivity contribution in [2.45, 2.75) is 283 Å². The van der Waals surface area contributed by atoms with E-state index >= 15 is 0 Å². The van der Waals surface area contributed by atoms with Gasteiger partial charge in [0, 0.05) is 13.0 Å². The van der Waals surface area contributed by atoms with Gasteiger partial charge in [-0.25, -0.2) is 0 Å². The molecular formula is C53H108NO7P. The Labute approximate surface area is 387 Å². The van der Waals surface area contributed by atoms with Gasteiger partial charge in [0.15, 0.2) is 0 Å². The first-order valence-electron chi connectivity index (χ1n) is 27.3. The van der Waals surface area contributed by atoms with Crippen LogP contribution in [0.4, 0.5) is 0 Å². The van der Waals surface area contributed by atoms with Crippen LogP contribution in [0.25, 0.3) is 0 Å². The third-order valence-electron chi connectivity index (χ3n) is 12.4. The third kappa shape index (κ3) is 50.5. The van der Waals surface area contributed by atoms with E-state index in [1.807, 2.05) is 21.1 Å². The lowest BCUT2D eigenvalue weighted by Crippen LogP contribution is -2.37. The fraction of sp³-hybridized carbons (Fsp3) is 0.981. The number of hydrogen-bond acceptors (Lipinski definition) is 7. The van der Waals surface area contributed by atoms with Crippen LogP contribution in [0.15, 0.2) is 0 Å². The zero-order chi connectivity index (χ0) is 45.5. The van der Waals surface area contributed by atoms with Crippen LogP contribution in [0.1, 0.15) is 277 Å². The van der Waals surface area contributed by atoms with Gasteiger partial charge in [-0.15, -0.1) is 0 Å². The average molecular weight is 902 g/mol. The van der Waals surface area contributed by atoms with Crippen molar-refractivity contribution >= 4 is 13.8 Å². The Kier molecular flexibility index (Phi) is 46.6. The number of unbranched alkanes of at least 4 members (excludes halogenated alkanes) is 38. The van der Waals surface area contributed by atoms with Gasteiger partial charge in [-0.1, -0.05) is 258 Å². The number of carbonyl (C=O) groups is 1. The van der Waals surface area contributed by atoms with Crippen LogP contribution < -0.4 is 4.89 Å². The highest BCUT2D eigenvalue weighted by Crippen LogP contribution is 2.38. The molecule has 0 saturated heterocycles. The average Bonchev–Trinajstić information content (AvgIpc) is 3.23. The Balaban J connectivity index is 4.05. The van der Waals surface area contributed by atoms with E-state index in [0.717, 1.165) is 32.1 Å². The van der Waals surface area contributed by atoms with Crippen molar-refractivity contribution in [1.82, 2.24) is 0 Å². The molecule has 0 bridgehead atoms. The highest BCUT2D eigenvalue weighted by Gasteiger charge is 2.20. The largest absolute Gasteiger partial charge is 0.756 e. The van der Waals surface area contributed by atoms with E-state index in [-0.39, 0.29) is 25.8 Å². The first kappa shape index (κ1) is 61.5. The fourth-order valence-electron chi connectivity index (χ4n) is 8.20. The van der Waals surface area contributed by atoms with E-state index in [4.69, 9.17) is 18.5 Å². The number of quaternary nitrogens is 1. The van der Waals surface area contributed by atoms with Crippen molar-refractivity contribution < 1.29 is 37.3 Å². The van der Waals surface area contributed by atoms with Crippen molar-refractivity contribution in [3.8, 4) is 0 Å². The molecule has 0 fully saturated rings. The van der Waals surface area contributed by atoms with Crippen LogP contribution in [0, 0.1) is 0 Å². The molecule has 9 heteroatoms. The van der Waals surface area contributed by atoms with Gasteiger partial charge in [0.05, 0.1) is 34.4 Å². The molecule has 372 valence electrons. The molecule has 0 aromatic rings. The summed E-state index contributed by atoms with van der Waals surface area (Å²) in [5.74, 6) is -0.324. The molecule has 0 aromatic carbocycles. The van der Waals surface area contributed by atoms with Crippen molar-refractivity contribution in [3.05, 3.63) is 0 Å². The molecule has 0 aliphatic carbocycles. The minimum atomic E-state index is -4.52. The van der Waals surface area contributed by atoms with Crippen molar-refractivity contribution in [1.29, 1.82) is 0 Å². The van der Waals surface area contributed by atoms with Crippen LogP contribution in [0.5, 0.6) is 0 Å². The first-order chi connectivity index (χ1) is 30.1. The van der Waals surface area contributed by atoms with Crippen molar-refractivity contribution in [2.24, 2.45) is 0 Å². The molecule has 0 aliphatic rings. The van der Waals surface area contributed by atoms with Gasteiger partial charge in [-0.2, -0.15) is 0 Å². The first-order valence-corrected chi connectivity index (χ1v) is 28.7. The van der Waals surface area contributed by atoms with Crippen LogP contribution in [-0.2, 0) is 27.9 Å². The van der Waals surface area contributed by atoms with Gasteiger partial charge in [0.25, 0.3) is 7.82 Å². The van der Waals surface area contributed by atoms with Crippen LogP contribution in [0.3, 0.4) is 0 Å². The molecule has 0 N–H and O–H groups in total. The number of ether oxygens (including phenoxy) is 2. The lowest BCUT2D eigenvalue weighted by atomic mass is 10.0. The van der Waals surface area contributed by atoms with Gasteiger partial charge >= 0.3 is 5.97 Å². The predicted octanol–water partition coefficient (Wildman–Crippen LogP) is 16.2. The summed E-state index contributed by atoms with van der Waals surface area (Å²) in [6.45, 7) is 5.50. The molecule has 0 aliphatic heterocycles. The van der Waals surface area contributed by atoms with Crippen LogP contribution in [-0.4, -0.2) is 70.7 Å². The second kappa shape index (κ2) is 47.0. The van der Waals surface area contributed by atoms with Gasteiger partial charge in [0.2, 0.25) is 0 Å². The zero-order valence-electron chi connectivity index (χ0n) is 42.4.